The van der Waals surface area contributed by atoms with Crippen molar-refractivity contribution in [2.45, 2.75) is 6.54 Å². The topological polar surface area (TPSA) is 29.5 Å². The second kappa shape index (κ2) is 5.48. The predicted octanol–water partition coefficient (Wildman–Crippen LogP) is 2.12. The Bertz CT molecular complexity index is 314. The highest BCUT2D eigenvalue weighted by atomic mass is 79.9. The first-order valence-corrected chi connectivity index (χ1v) is 5.76. The van der Waals surface area contributed by atoms with Crippen LogP contribution in [0.15, 0.2) is 15.2 Å². The summed E-state index contributed by atoms with van der Waals surface area (Å²) in [6.07, 6.45) is 0. The maximum atomic E-state index is 11.3. The number of hydrogen-bond donors (Lipinski definition) is 0. The molecule has 0 aliphatic heterocycles. The van der Waals surface area contributed by atoms with Crippen LogP contribution in [0.25, 0.3) is 0 Å². The number of methoxy groups -OCH3 is 1. The minimum Gasteiger partial charge on any atom is -0.375 e. The lowest BCUT2D eigenvalue weighted by Gasteiger charge is -2.15. The minimum atomic E-state index is -0.00479. The average Bonchev–Trinajstić information content (AvgIpc) is 2.51. The molecule has 0 N–H and O–H groups in total. The van der Waals surface area contributed by atoms with Crippen LogP contribution in [-0.2, 0) is 16.1 Å². The summed E-state index contributed by atoms with van der Waals surface area (Å²) in [6.45, 7) is 0.770. The largest absolute Gasteiger partial charge is 0.375 e. The molecule has 1 heterocycles. The molecule has 0 saturated heterocycles. The molecule has 1 aromatic rings. The predicted molar refractivity (Wildman–Crippen MR) is 60.4 cm³/mol. The van der Waals surface area contributed by atoms with Crippen molar-refractivity contribution in [2.24, 2.45) is 0 Å². The zero-order valence-corrected chi connectivity index (χ0v) is 10.5. The number of hydrogen-bond acceptors (Lipinski definition) is 3. The van der Waals surface area contributed by atoms with Crippen molar-refractivity contribution in [3.05, 3.63) is 20.8 Å². The summed E-state index contributed by atoms with van der Waals surface area (Å²) < 4.78 is 5.85. The molecule has 0 atom stereocenters. The second-order valence-corrected chi connectivity index (χ2v) is 5.23. The summed E-state index contributed by atoms with van der Waals surface area (Å²) in [6, 6.07) is 2.02. The molecule has 1 amide bonds. The van der Waals surface area contributed by atoms with E-state index in [0.29, 0.717) is 6.54 Å². The first-order chi connectivity index (χ1) is 6.63. The minimum absolute atomic E-state index is 0.00479. The molecule has 1 aromatic heterocycles. The van der Waals surface area contributed by atoms with Crippen LogP contribution in [0.5, 0.6) is 0 Å². The van der Waals surface area contributed by atoms with Crippen LogP contribution in [0, 0.1) is 0 Å². The van der Waals surface area contributed by atoms with Crippen LogP contribution in [0.3, 0.4) is 0 Å². The SMILES string of the molecule is COCC(=O)N(C)Cc1csc(Br)c1. The third-order valence-corrected chi connectivity index (χ3v) is 3.29. The van der Waals surface area contributed by atoms with Gasteiger partial charge < -0.3 is 9.64 Å². The molecule has 0 bridgehead atoms. The Labute approximate surface area is 95.8 Å². The number of ether oxygens (including phenoxy) is 1. The van der Waals surface area contributed by atoms with Crippen LogP contribution in [0.4, 0.5) is 0 Å². The van der Waals surface area contributed by atoms with Crippen molar-refractivity contribution in [3.63, 3.8) is 0 Å². The van der Waals surface area contributed by atoms with E-state index in [1.165, 1.54) is 7.11 Å². The van der Waals surface area contributed by atoms with Crippen molar-refractivity contribution in [1.29, 1.82) is 0 Å². The molecule has 0 aliphatic carbocycles. The Morgan fingerprint density at radius 3 is 2.93 bits per heavy atom. The van der Waals surface area contributed by atoms with Gasteiger partial charge in [-0.3, -0.25) is 4.79 Å². The maximum absolute atomic E-state index is 11.3. The molecule has 78 valence electrons. The lowest BCUT2D eigenvalue weighted by molar-refractivity contribution is -0.134. The van der Waals surface area contributed by atoms with Gasteiger partial charge >= 0.3 is 0 Å². The first kappa shape index (κ1) is 11.7. The quantitative estimate of drug-likeness (QED) is 0.844. The number of thiophene rings is 1. The third-order valence-electron chi connectivity index (χ3n) is 1.74. The smallest absolute Gasteiger partial charge is 0.248 e. The van der Waals surface area contributed by atoms with Gasteiger partial charge in [0.1, 0.15) is 6.61 Å². The molecule has 0 radical (unpaired) electrons. The zero-order valence-electron chi connectivity index (χ0n) is 8.12. The van der Waals surface area contributed by atoms with Gasteiger partial charge in [-0.25, -0.2) is 0 Å². The highest BCUT2D eigenvalue weighted by Crippen LogP contribution is 2.21. The van der Waals surface area contributed by atoms with E-state index < -0.39 is 0 Å². The van der Waals surface area contributed by atoms with E-state index in [9.17, 15) is 4.79 Å². The third kappa shape index (κ3) is 3.40. The first-order valence-electron chi connectivity index (χ1n) is 4.09. The van der Waals surface area contributed by atoms with E-state index in [1.807, 2.05) is 11.4 Å². The van der Waals surface area contributed by atoms with Crippen LogP contribution >= 0.6 is 27.3 Å². The lowest BCUT2D eigenvalue weighted by Crippen LogP contribution is -2.29. The van der Waals surface area contributed by atoms with Gasteiger partial charge in [0.15, 0.2) is 0 Å². The number of likely N-dealkylation sites (N-methyl/N-ethyl adjacent to an activating group) is 1. The van der Waals surface area contributed by atoms with Crippen LogP contribution in [0.2, 0.25) is 0 Å². The molecule has 5 heteroatoms. The summed E-state index contributed by atoms with van der Waals surface area (Å²) in [7, 11) is 3.29. The van der Waals surface area contributed by atoms with Crippen molar-refractivity contribution in [1.82, 2.24) is 4.90 Å². The van der Waals surface area contributed by atoms with Gasteiger partial charge in [-0.1, -0.05) is 0 Å². The fourth-order valence-electron chi connectivity index (χ4n) is 1.02. The summed E-state index contributed by atoms with van der Waals surface area (Å²) in [5.41, 5.74) is 1.13. The van der Waals surface area contributed by atoms with Crippen LogP contribution in [0.1, 0.15) is 5.56 Å². The number of carbonyl (C=O) groups excluding carboxylic acids is 1. The Morgan fingerprint density at radius 1 is 1.71 bits per heavy atom. The molecule has 0 aromatic carbocycles. The fraction of sp³-hybridized carbons (Fsp3) is 0.444. The Kier molecular flexibility index (Phi) is 4.57. The van der Waals surface area contributed by atoms with Gasteiger partial charge in [-0.2, -0.15) is 0 Å². The molecule has 0 saturated carbocycles. The van der Waals surface area contributed by atoms with Crippen LogP contribution < -0.4 is 0 Å². The van der Waals surface area contributed by atoms with Gasteiger partial charge in [0.05, 0.1) is 3.79 Å². The molecule has 14 heavy (non-hydrogen) atoms. The van der Waals surface area contributed by atoms with Crippen molar-refractivity contribution < 1.29 is 9.53 Å². The summed E-state index contributed by atoms with van der Waals surface area (Å²) in [5, 5.41) is 2.03. The average molecular weight is 278 g/mol. The summed E-state index contributed by atoms with van der Waals surface area (Å²) in [4.78, 5) is 13.0. The normalized spacial score (nSPS) is 10.2. The molecule has 0 fully saturated rings. The van der Waals surface area contributed by atoms with Crippen LogP contribution in [-0.4, -0.2) is 31.6 Å². The number of rotatable bonds is 4. The van der Waals surface area contributed by atoms with Crippen molar-refractivity contribution in [3.8, 4) is 0 Å². The Hall–Kier alpha value is -0.390. The van der Waals surface area contributed by atoms with Gasteiger partial charge in [0, 0.05) is 20.7 Å². The van der Waals surface area contributed by atoms with E-state index >= 15 is 0 Å². The molecule has 0 unspecified atom stereocenters. The monoisotopic (exact) mass is 277 g/mol. The van der Waals surface area contributed by atoms with Gasteiger partial charge in [0.2, 0.25) is 5.91 Å². The number of nitrogens with zero attached hydrogens (tertiary/aromatic N) is 1. The van der Waals surface area contributed by atoms with E-state index in [0.717, 1.165) is 9.35 Å². The number of halogens is 1. The Morgan fingerprint density at radius 2 is 2.43 bits per heavy atom. The van der Waals surface area contributed by atoms with Gasteiger partial charge in [0.25, 0.3) is 0 Å². The lowest BCUT2D eigenvalue weighted by atomic mass is 10.3. The molecule has 0 spiro atoms. The fourth-order valence-corrected chi connectivity index (χ4v) is 2.22. The van der Waals surface area contributed by atoms with E-state index in [-0.39, 0.29) is 12.5 Å². The zero-order chi connectivity index (χ0) is 10.6. The number of carbonyl (C=O) groups is 1. The van der Waals surface area contributed by atoms with E-state index in [2.05, 4.69) is 15.9 Å². The van der Waals surface area contributed by atoms with Crippen molar-refractivity contribution >= 4 is 33.2 Å². The van der Waals surface area contributed by atoms with Gasteiger partial charge in [-0.15, -0.1) is 11.3 Å². The standard InChI is InChI=1S/C9H12BrNO2S/c1-11(9(12)5-13-2)4-7-3-8(10)14-6-7/h3,6H,4-5H2,1-2H3. The molecular weight excluding hydrogens is 266 g/mol. The highest BCUT2D eigenvalue weighted by molar-refractivity contribution is 9.11. The van der Waals surface area contributed by atoms with E-state index in [1.54, 1.807) is 23.3 Å². The highest BCUT2D eigenvalue weighted by Gasteiger charge is 2.09. The van der Waals surface area contributed by atoms with E-state index in [4.69, 9.17) is 4.74 Å². The summed E-state index contributed by atoms with van der Waals surface area (Å²) in [5.74, 6) is -0.00479. The molecule has 3 nitrogen and oxygen atoms in total. The molecular formula is C9H12BrNO2S. The molecule has 0 aliphatic rings. The van der Waals surface area contributed by atoms with Crippen molar-refractivity contribution in [2.75, 3.05) is 20.8 Å². The second-order valence-electron chi connectivity index (χ2n) is 2.94. The summed E-state index contributed by atoms with van der Waals surface area (Å²) >= 11 is 5.00. The Balaban J connectivity index is 2.48. The maximum Gasteiger partial charge on any atom is 0.248 e. The number of amides is 1. The molecule has 1 rings (SSSR count). The van der Waals surface area contributed by atoms with Gasteiger partial charge in [-0.05, 0) is 32.9 Å².